The molecule has 3 heteroatoms. The third-order valence-electron chi connectivity index (χ3n) is 4.63. The van der Waals surface area contributed by atoms with Crippen LogP contribution in [0.2, 0.25) is 0 Å². The summed E-state index contributed by atoms with van der Waals surface area (Å²) in [5.41, 5.74) is 3.04. The molecule has 110 valence electrons. The summed E-state index contributed by atoms with van der Waals surface area (Å²) >= 11 is 0. The number of nitrogens with one attached hydrogen (secondary N) is 1. The maximum atomic E-state index is 5.62. The number of nitrogens with zero attached hydrogens (tertiary/aromatic N) is 1. The topological polar surface area (TPSA) is 24.5 Å². The van der Waals surface area contributed by atoms with Crippen molar-refractivity contribution in [3.05, 3.63) is 35.4 Å². The molecule has 20 heavy (non-hydrogen) atoms. The number of benzene rings is 1. The highest BCUT2D eigenvalue weighted by Crippen LogP contribution is 2.33. The first kappa shape index (κ1) is 14.1. The van der Waals surface area contributed by atoms with Gasteiger partial charge in [0.05, 0.1) is 6.61 Å². The molecule has 2 unspecified atom stereocenters. The maximum absolute atomic E-state index is 5.62. The molecule has 0 bridgehead atoms. The van der Waals surface area contributed by atoms with Gasteiger partial charge in [-0.25, -0.2) is 0 Å². The van der Waals surface area contributed by atoms with E-state index in [0.717, 1.165) is 32.7 Å². The molecule has 3 nitrogen and oxygen atoms in total. The molecule has 1 aromatic carbocycles. The molecule has 0 radical (unpaired) electrons. The van der Waals surface area contributed by atoms with Crippen LogP contribution in [0.15, 0.2) is 24.3 Å². The number of likely N-dealkylation sites (N-methyl/N-ethyl adjacent to an activating group) is 1. The lowest BCUT2D eigenvalue weighted by molar-refractivity contribution is 0.114. The third kappa shape index (κ3) is 2.90. The van der Waals surface area contributed by atoms with Crippen LogP contribution in [-0.2, 0) is 11.2 Å². The Morgan fingerprint density at radius 3 is 3.05 bits per heavy atom. The molecular weight excluding hydrogens is 248 g/mol. The van der Waals surface area contributed by atoms with Crippen LogP contribution in [0.25, 0.3) is 0 Å². The van der Waals surface area contributed by atoms with Gasteiger partial charge in [-0.1, -0.05) is 31.2 Å². The number of rotatable bonds is 3. The molecule has 0 saturated carbocycles. The minimum Gasteiger partial charge on any atom is -0.380 e. The summed E-state index contributed by atoms with van der Waals surface area (Å²) in [7, 11) is 0. The molecule has 0 amide bonds. The largest absolute Gasteiger partial charge is 0.380 e. The molecule has 1 aromatic rings. The number of fused-ring (bicyclic) bond motifs is 1. The van der Waals surface area contributed by atoms with Gasteiger partial charge in [0.1, 0.15) is 0 Å². The van der Waals surface area contributed by atoms with E-state index in [9.17, 15) is 0 Å². The lowest BCUT2D eigenvalue weighted by atomic mass is 9.83. The Morgan fingerprint density at radius 1 is 1.25 bits per heavy atom. The van der Waals surface area contributed by atoms with Crippen molar-refractivity contribution in [2.45, 2.75) is 38.3 Å². The van der Waals surface area contributed by atoms with Crippen molar-refractivity contribution in [3.63, 3.8) is 0 Å². The van der Waals surface area contributed by atoms with Crippen LogP contribution in [0, 0.1) is 0 Å². The van der Waals surface area contributed by atoms with E-state index in [4.69, 9.17) is 4.74 Å². The fourth-order valence-corrected chi connectivity index (χ4v) is 3.70. The molecule has 0 aromatic heterocycles. The monoisotopic (exact) mass is 274 g/mol. The van der Waals surface area contributed by atoms with E-state index in [0.29, 0.717) is 12.1 Å². The van der Waals surface area contributed by atoms with Crippen LogP contribution >= 0.6 is 0 Å². The first-order chi connectivity index (χ1) is 9.90. The highest BCUT2D eigenvalue weighted by Gasteiger charge is 2.33. The van der Waals surface area contributed by atoms with Gasteiger partial charge in [0.2, 0.25) is 0 Å². The Bertz CT molecular complexity index is 427. The van der Waals surface area contributed by atoms with Gasteiger partial charge in [0.15, 0.2) is 0 Å². The van der Waals surface area contributed by atoms with Crippen LogP contribution in [0.4, 0.5) is 0 Å². The van der Waals surface area contributed by atoms with Gasteiger partial charge in [0.25, 0.3) is 0 Å². The first-order valence-electron chi connectivity index (χ1n) is 8.03. The zero-order chi connectivity index (χ0) is 13.8. The second-order valence-electron chi connectivity index (χ2n) is 5.84. The Balaban J connectivity index is 1.83. The van der Waals surface area contributed by atoms with Crippen LogP contribution in [0.3, 0.4) is 0 Å². The first-order valence-corrected chi connectivity index (χ1v) is 8.03. The summed E-state index contributed by atoms with van der Waals surface area (Å²) in [6.07, 6.45) is 3.63. The second-order valence-corrected chi connectivity index (χ2v) is 5.84. The molecule has 1 heterocycles. The summed E-state index contributed by atoms with van der Waals surface area (Å²) in [6, 6.07) is 10.0. The standard InChI is InChI=1S/C17H26N2O/c1-2-18-17-15-7-4-3-6-14(15)8-9-16(17)19-10-5-12-20-13-11-19/h3-4,6-7,16-18H,2,5,8-13H2,1H3. The number of hydrogen-bond acceptors (Lipinski definition) is 3. The number of aryl methyl sites for hydroxylation is 1. The molecular formula is C17H26N2O. The fourth-order valence-electron chi connectivity index (χ4n) is 3.70. The van der Waals surface area contributed by atoms with E-state index >= 15 is 0 Å². The Labute approximate surface area is 122 Å². The summed E-state index contributed by atoms with van der Waals surface area (Å²) in [4.78, 5) is 2.65. The summed E-state index contributed by atoms with van der Waals surface area (Å²) in [5, 5.41) is 3.73. The van der Waals surface area contributed by atoms with Gasteiger partial charge in [0, 0.05) is 31.8 Å². The van der Waals surface area contributed by atoms with Gasteiger partial charge in [-0.2, -0.15) is 0 Å². The maximum Gasteiger partial charge on any atom is 0.0593 e. The van der Waals surface area contributed by atoms with Gasteiger partial charge in [-0.15, -0.1) is 0 Å². The third-order valence-corrected chi connectivity index (χ3v) is 4.63. The van der Waals surface area contributed by atoms with Crippen molar-refractivity contribution in [1.29, 1.82) is 0 Å². The summed E-state index contributed by atoms with van der Waals surface area (Å²) < 4.78 is 5.62. The smallest absolute Gasteiger partial charge is 0.0593 e. The summed E-state index contributed by atoms with van der Waals surface area (Å²) in [6.45, 7) is 7.30. The van der Waals surface area contributed by atoms with E-state index in [2.05, 4.69) is 41.4 Å². The SMILES string of the molecule is CCNC1c2ccccc2CCC1N1CCCOCC1. The average molecular weight is 274 g/mol. The second kappa shape index (κ2) is 6.70. The quantitative estimate of drug-likeness (QED) is 0.916. The lowest BCUT2D eigenvalue weighted by Gasteiger charge is -2.41. The van der Waals surface area contributed by atoms with Crippen molar-refractivity contribution in [2.75, 3.05) is 32.8 Å². The van der Waals surface area contributed by atoms with E-state index in [-0.39, 0.29) is 0 Å². The Kier molecular flexibility index (Phi) is 4.71. The molecule has 1 N–H and O–H groups in total. The van der Waals surface area contributed by atoms with Gasteiger partial charge >= 0.3 is 0 Å². The highest BCUT2D eigenvalue weighted by molar-refractivity contribution is 5.34. The van der Waals surface area contributed by atoms with E-state index in [1.54, 1.807) is 0 Å². The van der Waals surface area contributed by atoms with Gasteiger partial charge in [-0.05, 0) is 36.9 Å². The van der Waals surface area contributed by atoms with Crippen molar-refractivity contribution in [3.8, 4) is 0 Å². The predicted molar refractivity (Wildman–Crippen MR) is 82.0 cm³/mol. The van der Waals surface area contributed by atoms with Crippen LogP contribution in [0.1, 0.15) is 36.9 Å². The number of ether oxygens (including phenoxy) is 1. The predicted octanol–water partition coefficient (Wildman–Crippen LogP) is 2.37. The normalized spacial score (nSPS) is 27.9. The number of hydrogen-bond donors (Lipinski definition) is 1. The highest BCUT2D eigenvalue weighted by atomic mass is 16.5. The molecule has 1 saturated heterocycles. The van der Waals surface area contributed by atoms with E-state index < -0.39 is 0 Å². The van der Waals surface area contributed by atoms with Crippen molar-refractivity contribution < 1.29 is 4.74 Å². The van der Waals surface area contributed by atoms with Crippen LogP contribution < -0.4 is 5.32 Å². The minimum atomic E-state index is 0.475. The lowest BCUT2D eigenvalue weighted by Crippen LogP contribution is -2.48. The summed E-state index contributed by atoms with van der Waals surface area (Å²) in [5.74, 6) is 0. The van der Waals surface area contributed by atoms with Crippen LogP contribution in [0.5, 0.6) is 0 Å². The minimum absolute atomic E-state index is 0.475. The fraction of sp³-hybridized carbons (Fsp3) is 0.647. The van der Waals surface area contributed by atoms with Crippen LogP contribution in [-0.4, -0.2) is 43.8 Å². The molecule has 1 aliphatic carbocycles. The zero-order valence-electron chi connectivity index (χ0n) is 12.5. The molecule has 2 aliphatic rings. The van der Waals surface area contributed by atoms with Crippen molar-refractivity contribution in [2.24, 2.45) is 0 Å². The zero-order valence-corrected chi connectivity index (χ0v) is 12.5. The Hall–Kier alpha value is -0.900. The molecule has 1 fully saturated rings. The Morgan fingerprint density at radius 2 is 2.15 bits per heavy atom. The average Bonchev–Trinajstić information content (AvgIpc) is 2.77. The molecule has 0 spiro atoms. The van der Waals surface area contributed by atoms with E-state index in [1.807, 2.05) is 0 Å². The molecule has 3 rings (SSSR count). The van der Waals surface area contributed by atoms with Crippen molar-refractivity contribution in [1.82, 2.24) is 10.2 Å². The van der Waals surface area contributed by atoms with Gasteiger partial charge in [-0.3, -0.25) is 4.90 Å². The molecule has 1 aliphatic heterocycles. The molecule has 2 atom stereocenters. The van der Waals surface area contributed by atoms with Crippen molar-refractivity contribution >= 4 is 0 Å². The van der Waals surface area contributed by atoms with E-state index in [1.165, 1.54) is 30.5 Å². The van der Waals surface area contributed by atoms with Gasteiger partial charge < -0.3 is 10.1 Å².